The van der Waals surface area contributed by atoms with E-state index >= 15 is 0 Å². The van der Waals surface area contributed by atoms with Crippen molar-refractivity contribution in [2.45, 2.75) is 26.3 Å². The van der Waals surface area contributed by atoms with Crippen molar-refractivity contribution >= 4 is 34.6 Å². The minimum Gasteiger partial charge on any atom is -0.365 e. The number of hydrogen-bond donors (Lipinski definition) is 0. The molecule has 3 fully saturated rings. The van der Waals surface area contributed by atoms with Gasteiger partial charge in [0.2, 0.25) is 11.8 Å². The van der Waals surface area contributed by atoms with Gasteiger partial charge in [0.25, 0.3) is 5.69 Å². The SMILES string of the molecule is Cc1cccc(N2CCN(c3ccc(N4C(=O)[C@@H]5[C@H](C4=O)[C@H]4C=C[C@H]5C4)cc3[N+](=O)[O-])C[C@H]2C)c1. The predicted octanol–water partition coefficient (Wildman–Crippen LogP) is 3.93. The van der Waals surface area contributed by atoms with E-state index in [1.165, 1.54) is 16.5 Å². The number of nitro groups is 1. The molecule has 4 aliphatic rings. The zero-order valence-electron chi connectivity index (χ0n) is 19.8. The number of piperazine rings is 1. The van der Waals surface area contributed by atoms with Gasteiger partial charge in [-0.2, -0.15) is 0 Å². The highest BCUT2D eigenvalue weighted by molar-refractivity contribution is 6.23. The molecule has 0 radical (unpaired) electrons. The van der Waals surface area contributed by atoms with Crippen LogP contribution in [0.25, 0.3) is 0 Å². The minimum atomic E-state index is -0.409. The molecule has 0 aromatic heterocycles. The van der Waals surface area contributed by atoms with E-state index in [2.05, 4.69) is 36.9 Å². The van der Waals surface area contributed by atoms with Crippen LogP contribution in [-0.2, 0) is 9.59 Å². The van der Waals surface area contributed by atoms with Crippen molar-refractivity contribution < 1.29 is 14.5 Å². The highest BCUT2D eigenvalue weighted by Crippen LogP contribution is 2.53. The minimum absolute atomic E-state index is 0.0718. The molecular weight excluding hydrogens is 444 g/mol. The molecule has 8 nitrogen and oxygen atoms in total. The average Bonchev–Trinajstić information content (AvgIpc) is 3.52. The Kier molecular flexibility index (Phi) is 4.95. The second-order valence-corrected chi connectivity index (χ2v) is 10.3. The molecule has 2 aromatic carbocycles. The van der Waals surface area contributed by atoms with E-state index < -0.39 is 4.92 Å². The van der Waals surface area contributed by atoms with Gasteiger partial charge in [0.1, 0.15) is 5.69 Å². The summed E-state index contributed by atoms with van der Waals surface area (Å²) < 4.78 is 0. The third-order valence-electron chi connectivity index (χ3n) is 8.19. The molecular formula is C27H28N4O4. The molecule has 2 bridgehead atoms. The Hall–Kier alpha value is -3.68. The lowest BCUT2D eigenvalue weighted by atomic mass is 9.85. The van der Waals surface area contributed by atoms with E-state index in [1.54, 1.807) is 12.1 Å². The molecule has 0 spiro atoms. The first-order chi connectivity index (χ1) is 16.8. The first kappa shape index (κ1) is 21.8. The highest BCUT2D eigenvalue weighted by atomic mass is 16.6. The third-order valence-corrected chi connectivity index (χ3v) is 8.19. The Balaban J connectivity index is 1.26. The van der Waals surface area contributed by atoms with Crippen molar-refractivity contribution in [2.75, 3.05) is 34.3 Å². The van der Waals surface area contributed by atoms with Gasteiger partial charge in [-0.3, -0.25) is 19.7 Å². The number of allylic oxidation sites excluding steroid dienone is 2. The number of imide groups is 1. The molecule has 1 saturated carbocycles. The zero-order chi connectivity index (χ0) is 24.4. The molecule has 2 heterocycles. The average molecular weight is 473 g/mol. The van der Waals surface area contributed by atoms with Gasteiger partial charge >= 0.3 is 0 Å². The van der Waals surface area contributed by atoms with Crippen LogP contribution in [0.3, 0.4) is 0 Å². The van der Waals surface area contributed by atoms with Gasteiger partial charge in [-0.1, -0.05) is 24.3 Å². The third kappa shape index (κ3) is 3.34. The summed E-state index contributed by atoms with van der Waals surface area (Å²) in [6, 6.07) is 13.3. The molecule has 6 rings (SSSR count). The summed E-state index contributed by atoms with van der Waals surface area (Å²) in [6.45, 7) is 6.21. The van der Waals surface area contributed by atoms with Crippen LogP contribution in [0.4, 0.5) is 22.7 Å². The van der Waals surface area contributed by atoms with Crippen LogP contribution < -0.4 is 14.7 Å². The number of hydrogen-bond acceptors (Lipinski definition) is 6. The summed E-state index contributed by atoms with van der Waals surface area (Å²) in [5, 5.41) is 12.1. The monoisotopic (exact) mass is 472 g/mol. The van der Waals surface area contributed by atoms with E-state index in [4.69, 9.17) is 0 Å². The summed E-state index contributed by atoms with van der Waals surface area (Å²) in [4.78, 5) is 43.6. The summed E-state index contributed by atoms with van der Waals surface area (Å²) >= 11 is 0. The lowest BCUT2D eigenvalue weighted by Gasteiger charge is -2.42. The Bertz CT molecular complexity index is 1240. The molecule has 2 aliphatic carbocycles. The van der Waals surface area contributed by atoms with Crippen LogP contribution in [0.5, 0.6) is 0 Å². The lowest BCUT2D eigenvalue weighted by molar-refractivity contribution is -0.384. The van der Waals surface area contributed by atoms with E-state index in [0.29, 0.717) is 24.5 Å². The van der Waals surface area contributed by atoms with Crippen LogP contribution >= 0.6 is 0 Å². The molecule has 5 atom stereocenters. The number of carbonyl (C=O) groups is 2. The molecule has 0 unspecified atom stereocenters. The molecule has 0 N–H and O–H groups in total. The highest BCUT2D eigenvalue weighted by Gasteiger charge is 2.59. The molecule has 2 amide bonds. The Labute approximate surface area is 204 Å². The number of aryl methyl sites for hydroxylation is 1. The predicted molar refractivity (Wildman–Crippen MR) is 134 cm³/mol. The molecule has 2 saturated heterocycles. The van der Waals surface area contributed by atoms with Crippen LogP contribution in [-0.4, -0.2) is 42.4 Å². The van der Waals surface area contributed by atoms with E-state index in [-0.39, 0.29) is 47.2 Å². The number of anilines is 3. The number of nitro benzene ring substituents is 1. The summed E-state index contributed by atoms with van der Waals surface area (Å²) in [5.41, 5.74) is 3.10. The van der Waals surface area contributed by atoms with Crippen LogP contribution in [0, 0.1) is 40.7 Å². The van der Waals surface area contributed by atoms with Crippen LogP contribution in [0.1, 0.15) is 18.9 Å². The van der Waals surface area contributed by atoms with Crippen molar-refractivity contribution in [1.29, 1.82) is 0 Å². The van der Waals surface area contributed by atoms with E-state index in [9.17, 15) is 19.7 Å². The molecule has 180 valence electrons. The van der Waals surface area contributed by atoms with Crippen molar-refractivity contribution in [3.8, 4) is 0 Å². The second kappa shape index (κ2) is 7.93. The summed E-state index contributed by atoms with van der Waals surface area (Å²) in [7, 11) is 0. The number of fused-ring (bicyclic) bond motifs is 5. The first-order valence-corrected chi connectivity index (χ1v) is 12.3. The smallest absolute Gasteiger partial charge is 0.294 e. The van der Waals surface area contributed by atoms with Crippen LogP contribution in [0.15, 0.2) is 54.6 Å². The lowest BCUT2D eigenvalue weighted by Crippen LogP contribution is -2.52. The van der Waals surface area contributed by atoms with Crippen molar-refractivity contribution in [3.05, 3.63) is 70.3 Å². The van der Waals surface area contributed by atoms with Crippen molar-refractivity contribution in [1.82, 2.24) is 0 Å². The van der Waals surface area contributed by atoms with Crippen molar-refractivity contribution in [2.24, 2.45) is 23.7 Å². The topological polar surface area (TPSA) is 87.0 Å². The fourth-order valence-corrected chi connectivity index (χ4v) is 6.59. The number of nitrogens with zero attached hydrogens (tertiary/aromatic N) is 4. The standard InChI is InChI=1S/C27H28N4O4/c1-16-4-3-5-20(12-16)29-11-10-28(15-17(29)2)22-9-8-21(14-23(22)31(34)35)30-26(32)24-18-6-7-19(13-18)25(24)27(30)33/h3-9,12,14,17-19,24-25H,10-11,13,15H2,1-2H3/t17-,18+,19+,24-,25+/m1/s1. The number of rotatable bonds is 4. The van der Waals surface area contributed by atoms with E-state index in [0.717, 1.165) is 18.7 Å². The normalized spacial score (nSPS) is 29.3. The van der Waals surface area contributed by atoms with E-state index in [1.807, 2.05) is 23.1 Å². The van der Waals surface area contributed by atoms with Gasteiger partial charge in [-0.15, -0.1) is 0 Å². The van der Waals surface area contributed by atoms with Crippen molar-refractivity contribution in [3.63, 3.8) is 0 Å². The zero-order valence-corrected chi connectivity index (χ0v) is 19.8. The largest absolute Gasteiger partial charge is 0.365 e. The Morgan fingerprint density at radius 3 is 2.29 bits per heavy atom. The summed E-state index contributed by atoms with van der Waals surface area (Å²) in [6.07, 6.45) is 4.94. The van der Waals surface area contributed by atoms with Gasteiger partial charge in [0.05, 0.1) is 22.4 Å². The first-order valence-electron chi connectivity index (χ1n) is 12.3. The van der Waals surface area contributed by atoms with Crippen LogP contribution in [0.2, 0.25) is 0 Å². The molecule has 35 heavy (non-hydrogen) atoms. The summed E-state index contributed by atoms with van der Waals surface area (Å²) in [5.74, 6) is -0.893. The number of amides is 2. The Morgan fingerprint density at radius 2 is 1.66 bits per heavy atom. The van der Waals surface area contributed by atoms with Gasteiger partial charge in [-0.05, 0) is 61.9 Å². The van der Waals surface area contributed by atoms with Gasteiger partial charge in [0.15, 0.2) is 0 Å². The Morgan fingerprint density at radius 1 is 0.943 bits per heavy atom. The molecule has 2 aromatic rings. The quantitative estimate of drug-likeness (QED) is 0.290. The molecule has 2 aliphatic heterocycles. The fourth-order valence-electron chi connectivity index (χ4n) is 6.59. The maximum Gasteiger partial charge on any atom is 0.294 e. The van der Waals surface area contributed by atoms with Gasteiger partial charge in [0, 0.05) is 37.4 Å². The number of carbonyl (C=O) groups excluding carboxylic acids is 2. The number of benzene rings is 2. The molecule has 8 heteroatoms. The van der Waals surface area contributed by atoms with Gasteiger partial charge in [-0.25, -0.2) is 4.90 Å². The fraction of sp³-hybridized carbons (Fsp3) is 0.407. The van der Waals surface area contributed by atoms with Gasteiger partial charge < -0.3 is 9.80 Å². The second-order valence-electron chi connectivity index (χ2n) is 10.3. The maximum absolute atomic E-state index is 13.2. The maximum atomic E-state index is 13.2.